The summed E-state index contributed by atoms with van der Waals surface area (Å²) in [5.41, 5.74) is 1.94. The van der Waals surface area contributed by atoms with E-state index in [1.807, 2.05) is 60.7 Å². The maximum atomic E-state index is 12.3. The van der Waals surface area contributed by atoms with Crippen LogP contribution in [0.4, 0.5) is 10.1 Å². The zero-order valence-corrected chi connectivity index (χ0v) is 16.0. The first-order chi connectivity index (χ1) is 14.0. The van der Waals surface area contributed by atoms with Gasteiger partial charge in [-0.15, -0.1) is 0 Å². The molecule has 29 heavy (non-hydrogen) atoms. The van der Waals surface area contributed by atoms with Crippen LogP contribution < -0.4 is 5.32 Å². The number of rotatable bonds is 8. The molecule has 0 bridgehead atoms. The topological polar surface area (TPSA) is 111 Å². The van der Waals surface area contributed by atoms with E-state index in [9.17, 15) is 19.7 Å². The minimum Gasteiger partial charge on any atom is -0.456 e. The quantitative estimate of drug-likeness (QED) is 0.343. The summed E-state index contributed by atoms with van der Waals surface area (Å²) < 4.78 is 5.10. The van der Waals surface area contributed by atoms with Crippen LogP contribution >= 0.6 is 11.3 Å². The lowest BCUT2D eigenvalue weighted by molar-refractivity contribution is -0.380. The number of thiazole rings is 1. The van der Waals surface area contributed by atoms with Crippen LogP contribution in [0.15, 0.2) is 66.9 Å². The van der Waals surface area contributed by atoms with E-state index >= 15 is 0 Å². The van der Waals surface area contributed by atoms with Crippen LogP contribution in [-0.4, -0.2) is 28.4 Å². The molecule has 0 saturated carbocycles. The number of carbonyl (C=O) groups is 2. The minimum absolute atomic E-state index is 0.0733. The monoisotopic (exact) mass is 411 g/mol. The smallest absolute Gasteiger partial charge is 0.345 e. The molecule has 3 aromatic rings. The van der Waals surface area contributed by atoms with Crippen molar-refractivity contribution in [3.63, 3.8) is 0 Å². The lowest BCUT2D eigenvalue weighted by Gasteiger charge is -2.17. The summed E-state index contributed by atoms with van der Waals surface area (Å²) in [7, 11) is 0. The van der Waals surface area contributed by atoms with E-state index in [0.29, 0.717) is 0 Å². The summed E-state index contributed by atoms with van der Waals surface area (Å²) in [6, 6.07) is 19.2. The Kier molecular flexibility index (Phi) is 6.64. The molecule has 9 heteroatoms. The predicted octanol–water partition coefficient (Wildman–Crippen LogP) is 3.76. The third kappa shape index (κ3) is 5.69. The van der Waals surface area contributed by atoms with Gasteiger partial charge in [-0.1, -0.05) is 60.7 Å². The van der Waals surface area contributed by atoms with Crippen LogP contribution in [-0.2, 0) is 14.3 Å². The van der Waals surface area contributed by atoms with Gasteiger partial charge in [-0.3, -0.25) is 25.0 Å². The first kappa shape index (κ1) is 20.2. The number of anilines is 1. The van der Waals surface area contributed by atoms with Crippen molar-refractivity contribution in [2.75, 3.05) is 11.9 Å². The predicted molar refractivity (Wildman–Crippen MR) is 108 cm³/mol. The summed E-state index contributed by atoms with van der Waals surface area (Å²) in [5, 5.41) is 12.9. The van der Waals surface area contributed by atoms with Crippen LogP contribution in [0.2, 0.25) is 0 Å². The van der Waals surface area contributed by atoms with Crippen molar-refractivity contribution < 1.29 is 19.2 Å². The second-order valence-electron chi connectivity index (χ2n) is 6.05. The Balaban J connectivity index is 1.58. The highest BCUT2D eigenvalue weighted by Crippen LogP contribution is 2.28. The summed E-state index contributed by atoms with van der Waals surface area (Å²) in [6.07, 6.45) is 1.13. The SMILES string of the molecule is O=C(COC(=O)CC(c1ccccc1)c1ccccc1)Nc1ncc([N+](=O)[O-])s1. The molecular weight excluding hydrogens is 394 g/mol. The molecular formula is C20H17N3O5S. The van der Waals surface area contributed by atoms with Crippen LogP contribution in [0, 0.1) is 10.1 Å². The molecule has 1 aromatic heterocycles. The number of nitro groups is 1. The fourth-order valence-electron chi connectivity index (χ4n) is 2.73. The molecule has 0 saturated heterocycles. The van der Waals surface area contributed by atoms with Gasteiger partial charge in [0, 0.05) is 5.92 Å². The molecule has 0 unspecified atom stereocenters. The standard InChI is InChI=1S/C20H17N3O5S/c24-17(22-20-21-12-18(29-20)23(26)27)13-28-19(25)11-16(14-7-3-1-4-8-14)15-9-5-2-6-10-15/h1-10,12,16H,11,13H2,(H,21,22,24). The Morgan fingerprint density at radius 3 is 2.17 bits per heavy atom. The Labute approximate surface area is 170 Å². The first-order valence-electron chi connectivity index (χ1n) is 8.68. The number of hydrogen-bond donors (Lipinski definition) is 1. The highest BCUT2D eigenvalue weighted by atomic mass is 32.1. The van der Waals surface area contributed by atoms with E-state index in [1.54, 1.807) is 0 Å². The van der Waals surface area contributed by atoms with Gasteiger partial charge in [0.25, 0.3) is 5.91 Å². The molecule has 1 heterocycles. The van der Waals surface area contributed by atoms with Gasteiger partial charge in [-0.05, 0) is 22.5 Å². The van der Waals surface area contributed by atoms with Crippen LogP contribution in [0.5, 0.6) is 0 Å². The average molecular weight is 411 g/mol. The molecule has 0 aliphatic rings. The van der Waals surface area contributed by atoms with E-state index in [-0.39, 0.29) is 22.5 Å². The number of amides is 1. The zero-order chi connectivity index (χ0) is 20.6. The third-order valence-electron chi connectivity index (χ3n) is 4.06. The highest BCUT2D eigenvalue weighted by molar-refractivity contribution is 7.18. The molecule has 0 radical (unpaired) electrons. The molecule has 0 atom stereocenters. The molecule has 0 spiro atoms. The Morgan fingerprint density at radius 2 is 1.66 bits per heavy atom. The van der Waals surface area contributed by atoms with E-state index in [1.165, 1.54) is 0 Å². The van der Waals surface area contributed by atoms with Gasteiger partial charge in [-0.25, -0.2) is 4.98 Å². The normalized spacial score (nSPS) is 10.5. The average Bonchev–Trinajstić information content (AvgIpc) is 3.20. The molecule has 1 N–H and O–H groups in total. The number of aromatic nitrogens is 1. The summed E-state index contributed by atoms with van der Waals surface area (Å²) >= 11 is 0.726. The molecule has 2 aromatic carbocycles. The molecule has 1 amide bonds. The maximum absolute atomic E-state index is 12.3. The number of nitrogens with one attached hydrogen (secondary N) is 1. The first-order valence-corrected chi connectivity index (χ1v) is 9.50. The van der Waals surface area contributed by atoms with Crippen molar-refractivity contribution in [3.05, 3.63) is 88.1 Å². The van der Waals surface area contributed by atoms with Crippen LogP contribution in [0.1, 0.15) is 23.5 Å². The number of esters is 1. The number of nitrogens with zero attached hydrogens (tertiary/aromatic N) is 2. The second kappa shape index (κ2) is 9.56. The lowest BCUT2D eigenvalue weighted by Crippen LogP contribution is -2.21. The zero-order valence-electron chi connectivity index (χ0n) is 15.2. The van der Waals surface area contributed by atoms with E-state index in [2.05, 4.69) is 10.3 Å². The van der Waals surface area contributed by atoms with E-state index in [0.717, 1.165) is 28.7 Å². The van der Waals surface area contributed by atoms with Crippen molar-refractivity contribution in [2.24, 2.45) is 0 Å². The fourth-order valence-corrected chi connectivity index (χ4v) is 3.38. The van der Waals surface area contributed by atoms with Gasteiger partial charge < -0.3 is 4.74 Å². The van der Waals surface area contributed by atoms with Gasteiger partial charge >= 0.3 is 11.0 Å². The van der Waals surface area contributed by atoms with Crippen LogP contribution in [0.3, 0.4) is 0 Å². The van der Waals surface area contributed by atoms with Gasteiger partial charge in [0.1, 0.15) is 6.20 Å². The maximum Gasteiger partial charge on any atom is 0.345 e. The van der Waals surface area contributed by atoms with Gasteiger partial charge in [0.15, 0.2) is 11.7 Å². The summed E-state index contributed by atoms with van der Waals surface area (Å²) in [6.45, 7) is -0.498. The Bertz CT molecular complexity index is 952. The number of benzene rings is 2. The number of hydrogen-bond acceptors (Lipinski definition) is 7. The van der Waals surface area contributed by atoms with Crippen molar-refractivity contribution in [3.8, 4) is 0 Å². The lowest BCUT2D eigenvalue weighted by atomic mass is 9.89. The van der Waals surface area contributed by atoms with E-state index < -0.39 is 23.4 Å². The van der Waals surface area contributed by atoms with E-state index in [4.69, 9.17) is 4.74 Å². The molecule has 148 valence electrons. The molecule has 0 aliphatic carbocycles. The largest absolute Gasteiger partial charge is 0.456 e. The Morgan fingerprint density at radius 1 is 1.07 bits per heavy atom. The number of ether oxygens (including phenoxy) is 1. The van der Waals surface area contributed by atoms with Crippen molar-refractivity contribution in [1.82, 2.24) is 4.98 Å². The second-order valence-corrected chi connectivity index (χ2v) is 7.06. The molecule has 0 aliphatic heterocycles. The van der Waals surface area contributed by atoms with Crippen molar-refractivity contribution in [1.29, 1.82) is 0 Å². The highest BCUT2D eigenvalue weighted by Gasteiger charge is 2.20. The van der Waals surface area contributed by atoms with Crippen LogP contribution in [0.25, 0.3) is 0 Å². The van der Waals surface area contributed by atoms with Gasteiger partial charge in [0.2, 0.25) is 0 Å². The number of carbonyl (C=O) groups excluding carboxylic acids is 2. The molecule has 8 nitrogen and oxygen atoms in total. The van der Waals surface area contributed by atoms with Crippen molar-refractivity contribution in [2.45, 2.75) is 12.3 Å². The fraction of sp³-hybridized carbons (Fsp3) is 0.150. The molecule has 3 rings (SSSR count). The summed E-state index contributed by atoms with van der Waals surface area (Å²) in [4.78, 5) is 38.1. The minimum atomic E-state index is -0.612. The summed E-state index contributed by atoms with van der Waals surface area (Å²) in [5.74, 6) is -1.34. The molecule has 0 fully saturated rings. The Hall–Kier alpha value is -3.59. The third-order valence-corrected chi connectivity index (χ3v) is 4.92. The van der Waals surface area contributed by atoms with Gasteiger partial charge in [0.05, 0.1) is 11.3 Å². The van der Waals surface area contributed by atoms with Crippen molar-refractivity contribution >= 4 is 33.3 Å². The van der Waals surface area contributed by atoms with Gasteiger partial charge in [-0.2, -0.15) is 0 Å².